The van der Waals surface area contributed by atoms with Crippen LogP contribution in [-0.2, 0) is 9.53 Å². The molecule has 27 heavy (non-hydrogen) atoms. The van der Waals surface area contributed by atoms with E-state index in [9.17, 15) is 14.9 Å². The fraction of sp³-hybridized carbons (Fsp3) is 0.318. The minimum absolute atomic E-state index is 0.0385. The van der Waals surface area contributed by atoms with Crippen LogP contribution in [0.4, 0.5) is 5.69 Å². The van der Waals surface area contributed by atoms with Crippen molar-refractivity contribution in [1.82, 2.24) is 0 Å². The Hall–Kier alpha value is -2.95. The molecule has 4 unspecified atom stereocenters. The van der Waals surface area contributed by atoms with E-state index in [-0.39, 0.29) is 23.5 Å². The minimum atomic E-state index is -0.417. The molecule has 0 radical (unpaired) electrons. The molecule has 4 atom stereocenters. The van der Waals surface area contributed by atoms with Gasteiger partial charge < -0.3 is 4.74 Å². The Balaban J connectivity index is 1.60. The molecular formula is C22H19NO4. The summed E-state index contributed by atoms with van der Waals surface area (Å²) in [5.41, 5.74) is 3.09. The SMILES string of the molecule is O=C1OC(c2ccccc2)=C2C3CCC(C3)C2C1c1ccc([N+](=O)[O-])cc1. The normalized spacial score (nSPS) is 28.8. The lowest BCUT2D eigenvalue weighted by molar-refractivity contribution is -0.384. The Labute approximate surface area is 156 Å². The van der Waals surface area contributed by atoms with Crippen molar-refractivity contribution in [3.8, 4) is 0 Å². The second kappa shape index (κ2) is 6.05. The molecule has 2 aromatic carbocycles. The van der Waals surface area contributed by atoms with Crippen LogP contribution in [-0.4, -0.2) is 10.9 Å². The van der Waals surface area contributed by atoms with Crippen molar-refractivity contribution < 1.29 is 14.5 Å². The summed E-state index contributed by atoms with van der Waals surface area (Å²) in [7, 11) is 0. The second-order valence-corrected chi connectivity index (χ2v) is 7.69. The number of non-ortho nitro benzene ring substituents is 1. The van der Waals surface area contributed by atoms with Crippen molar-refractivity contribution >= 4 is 17.4 Å². The third-order valence-corrected chi connectivity index (χ3v) is 6.36. The number of fused-ring (bicyclic) bond motifs is 5. The average molecular weight is 361 g/mol. The van der Waals surface area contributed by atoms with Crippen LogP contribution in [0.15, 0.2) is 60.2 Å². The molecule has 0 aromatic heterocycles. The van der Waals surface area contributed by atoms with E-state index in [0.29, 0.717) is 11.8 Å². The topological polar surface area (TPSA) is 69.4 Å². The number of nitro benzene ring substituents is 1. The van der Waals surface area contributed by atoms with Crippen molar-refractivity contribution in [1.29, 1.82) is 0 Å². The Morgan fingerprint density at radius 1 is 1.00 bits per heavy atom. The van der Waals surface area contributed by atoms with E-state index in [1.165, 1.54) is 17.7 Å². The van der Waals surface area contributed by atoms with Crippen molar-refractivity contribution in [3.05, 3.63) is 81.4 Å². The molecule has 2 aromatic rings. The highest BCUT2D eigenvalue weighted by Crippen LogP contribution is 2.60. The fourth-order valence-corrected chi connectivity index (χ4v) is 5.27. The van der Waals surface area contributed by atoms with E-state index in [4.69, 9.17) is 4.74 Å². The molecule has 0 amide bonds. The molecule has 3 aliphatic rings. The molecule has 5 rings (SSSR count). The second-order valence-electron chi connectivity index (χ2n) is 7.69. The molecule has 5 nitrogen and oxygen atoms in total. The number of rotatable bonds is 3. The van der Waals surface area contributed by atoms with Gasteiger partial charge in [-0.3, -0.25) is 14.9 Å². The maximum absolute atomic E-state index is 13.0. The van der Waals surface area contributed by atoms with E-state index in [1.807, 2.05) is 30.3 Å². The maximum atomic E-state index is 13.0. The molecule has 136 valence electrons. The van der Waals surface area contributed by atoms with E-state index in [1.54, 1.807) is 12.1 Å². The van der Waals surface area contributed by atoms with Crippen LogP contribution >= 0.6 is 0 Å². The quantitative estimate of drug-likeness (QED) is 0.452. The lowest BCUT2D eigenvalue weighted by Gasteiger charge is -2.37. The van der Waals surface area contributed by atoms with Gasteiger partial charge in [-0.2, -0.15) is 0 Å². The molecule has 1 heterocycles. The molecule has 0 spiro atoms. The number of allylic oxidation sites excluding steroid dienone is 1. The van der Waals surface area contributed by atoms with Gasteiger partial charge >= 0.3 is 5.97 Å². The number of nitrogens with zero attached hydrogens (tertiary/aromatic N) is 1. The Morgan fingerprint density at radius 3 is 2.44 bits per heavy atom. The molecule has 2 saturated carbocycles. The van der Waals surface area contributed by atoms with Gasteiger partial charge in [0.1, 0.15) is 5.76 Å². The van der Waals surface area contributed by atoms with Crippen LogP contribution in [0, 0.1) is 27.9 Å². The van der Waals surface area contributed by atoms with Gasteiger partial charge in [-0.15, -0.1) is 0 Å². The zero-order chi connectivity index (χ0) is 18.5. The van der Waals surface area contributed by atoms with Gasteiger partial charge in [-0.25, -0.2) is 0 Å². The molecule has 5 heteroatoms. The molecular weight excluding hydrogens is 342 g/mol. The van der Waals surface area contributed by atoms with Gasteiger partial charge in [0, 0.05) is 23.6 Å². The van der Waals surface area contributed by atoms with Crippen LogP contribution < -0.4 is 0 Å². The Bertz CT molecular complexity index is 948. The number of benzene rings is 2. The van der Waals surface area contributed by atoms with Crippen molar-refractivity contribution in [2.24, 2.45) is 17.8 Å². The van der Waals surface area contributed by atoms with E-state index in [2.05, 4.69) is 0 Å². The Kier molecular flexibility index (Phi) is 3.64. The lowest BCUT2D eigenvalue weighted by atomic mass is 9.71. The van der Waals surface area contributed by atoms with Crippen molar-refractivity contribution in [2.45, 2.75) is 25.2 Å². The highest BCUT2D eigenvalue weighted by atomic mass is 16.6. The number of carbonyl (C=O) groups excluding carboxylic acids is 1. The van der Waals surface area contributed by atoms with Crippen LogP contribution in [0.1, 0.15) is 36.3 Å². The third-order valence-electron chi connectivity index (χ3n) is 6.36. The summed E-state index contributed by atoms with van der Waals surface area (Å²) in [4.78, 5) is 23.6. The van der Waals surface area contributed by atoms with Crippen LogP contribution in [0.3, 0.4) is 0 Å². The molecule has 0 saturated heterocycles. The first-order valence-corrected chi connectivity index (χ1v) is 9.39. The number of hydrogen-bond donors (Lipinski definition) is 0. The summed E-state index contributed by atoms with van der Waals surface area (Å²) in [6.45, 7) is 0. The number of hydrogen-bond acceptors (Lipinski definition) is 4. The summed E-state index contributed by atoms with van der Waals surface area (Å²) in [6, 6.07) is 16.2. The van der Waals surface area contributed by atoms with Gasteiger partial charge in [0.2, 0.25) is 0 Å². The predicted octanol–water partition coefficient (Wildman–Crippen LogP) is 4.69. The lowest BCUT2D eigenvalue weighted by Crippen LogP contribution is -2.34. The van der Waals surface area contributed by atoms with Gasteiger partial charge in [0.25, 0.3) is 5.69 Å². The number of ether oxygens (including phenoxy) is 1. The zero-order valence-corrected chi connectivity index (χ0v) is 14.7. The first kappa shape index (κ1) is 16.2. The molecule has 2 fully saturated rings. The summed E-state index contributed by atoms with van der Waals surface area (Å²) in [5.74, 6) is 1.23. The van der Waals surface area contributed by atoms with Gasteiger partial charge in [-0.05, 0) is 42.2 Å². The van der Waals surface area contributed by atoms with Gasteiger partial charge in [-0.1, -0.05) is 42.5 Å². The monoisotopic (exact) mass is 361 g/mol. The van der Waals surface area contributed by atoms with Crippen molar-refractivity contribution in [2.75, 3.05) is 0 Å². The molecule has 1 aliphatic heterocycles. The molecule has 2 bridgehead atoms. The van der Waals surface area contributed by atoms with Crippen LogP contribution in [0.25, 0.3) is 5.76 Å². The fourth-order valence-electron chi connectivity index (χ4n) is 5.27. The largest absolute Gasteiger partial charge is 0.425 e. The highest BCUT2D eigenvalue weighted by Gasteiger charge is 2.54. The zero-order valence-electron chi connectivity index (χ0n) is 14.7. The van der Waals surface area contributed by atoms with Crippen LogP contribution in [0.5, 0.6) is 0 Å². The van der Waals surface area contributed by atoms with E-state index >= 15 is 0 Å². The maximum Gasteiger partial charge on any atom is 0.319 e. The summed E-state index contributed by atoms with van der Waals surface area (Å²) in [6.07, 6.45) is 3.39. The highest BCUT2D eigenvalue weighted by molar-refractivity contribution is 5.89. The van der Waals surface area contributed by atoms with Gasteiger partial charge in [0.15, 0.2) is 0 Å². The Morgan fingerprint density at radius 2 is 1.74 bits per heavy atom. The number of esters is 1. The summed E-state index contributed by atoms with van der Waals surface area (Å²) < 4.78 is 5.89. The molecule has 0 N–H and O–H groups in total. The smallest absolute Gasteiger partial charge is 0.319 e. The number of nitro groups is 1. The van der Waals surface area contributed by atoms with Crippen LogP contribution in [0.2, 0.25) is 0 Å². The number of carbonyl (C=O) groups is 1. The number of cyclic esters (lactones) is 1. The summed E-state index contributed by atoms with van der Waals surface area (Å²) >= 11 is 0. The predicted molar refractivity (Wildman–Crippen MR) is 99.6 cm³/mol. The minimum Gasteiger partial charge on any atom is -0.425 e. The van der Waals surface area contributed by atoms with Gasteiger partial charge in [0.05, 0.1) is 10.8 Å². The van der Waals surface area contributed by atoms with E-state index < -0.39 is 4.92 Å². The summed E-state index contributed by atoms with van der Waals surface area (Å²) in [5, 5.41) is 10.9. The third kappa shape index (κ3) is 2.49. The standard InChI is InChI=1S/C22H19NO4/c24-22-20(13-8-10-17(11-9-13)23(25)26)18-15-6-7-16(12-15)19(18)21(27-22)14-4-2-1-3-5-14/h1-5,8-11,15-16,18,20H,6-7,12H2. The average Bonchev–Trinajstić information content (AvgIpc) is 3.30. The first-order valence-electron chi connectivity index (χ1n) is 9.39. The van der Waals surface area contributed by atoms with E-state index in [0.717, 1.165) is 36.1 Å². The van der Waals surface area contributed by atoms with Crippen molar-refractivity contribution in [3.63, 3.8) is 0 Å². The molecule has 2 aliphatic carbocycles. The first-order chi connectivity index (χ1) is 13.1.